The largest absolute Gasteiger partial charge is 0.390 e. The quantitative estimate of drug-likeness (QED) is 0.593. The number of halogens is 1. The predicted molar refractivity (Wildman–Crippen MR) is 40.7 cm³/mol. The van der Waals surface area contributed by atoms with Gasteiger partial charge in [0, 0.05) is 0 Å². The van der Waals surface area contributed by atoms with Crippen LogP contribution in [0.25, 0.3) is 0 Å². The fourth-order valence-corrected chi connectivity index (χ4v) is 0.831. The lowest BCUT2D eigenvalue weighted by Crippen LogP contribution is -2.17. The molecule has 10 heavy (non-hydrogen) atoms. The van der Waals surface area contributed by atoms with Gasteiger partial charge in [-0.3, -0.25) is 0 Å². The van der Waals surface area contributed by atoms with Crippen LogP contribution in [0.1, 0.15) is 39.5 Å². The number of aliphatic hydroxyl groups excluding tert-OH is 1. The maximum Gasteiger partial charge on any atom is 0.126 e. The summed E-state index contributed by atoms with van der Waals surface area (Å²) in [5, 5.41) is 8.75. The molecule has 0 aliphatic rings. The maximum atomic E-state index is 12.6. The average Bonchev–Trinajstić information content (AvgIpc) is 1.88. The van der Waals surface area contributed by atoms with Gasteiger partial charge >= 0.3 is 0 Å². The Morgan fingerprint density at radius 2 is 2.00 bits per heavy atom. The molecule has 1 nitrogen and oxygen atoms in total. The third kappa shape index (κ3) is 4.74. The van der Waals surface area contributed by atoms with Crippen molar-refractivity contribution in [1.29, 1.82) is 0 Å². The van der Waals surface area contributed by atoms with Gasteiger partial charge in [-0.25, -0.2) is 4.39 Å². The van der Waals surface area contributed by atoms with Crippen LogP contribution < -0.4 is 0 Å². The van der Waals surface area contributed by atoms with Crippen LogP contribution in [0.4, 0.5) is 4.39 Å². The highest BCUT2D eigenvalue weighted by Gasteiger charge is 2.11. The van der Waals surface area contributed by atoms with Crippen LogP contribution in [-0.2, 0) is 0 Å². The standard InChI is InChI=1S/C8H17FO/c1-3-4-5-6-8(9)7(2)10/h7-8,10H,3-6H2,1-2H3/t7-,8-/m1/s1. The van der Waals surface area contributed by atoms with Crippen LogP contribution in [0.15, 0.2) is 0 Å². The molecule has 2 heteroatoms. The van der Waals surface area contributed by atoms with E-state index in [9.17, 15) is 4.39 Å². The molecule has 0 fully saturated rings. The second kappa shape index (κ2) is 5.66. The molecule has 0 saturated heterocycles. The zero-order valence-corrected chi connectivity index (χ0v) is 6.81. The number of hydrogen-bond donors (Lipinski definition) is 1. The van der Waals surface area contributed by atoms with Gasteiger partial charge < -0.3 is 5.11 Å². The first-order chi connectivity index (χ1) is 4.68. The van der Waals surface area contributed by atoms with Gasteiger partial charge in [0.1, 0.15) is 6.17 Å². The summed E-state index contributed by atoms with van der Waals surface area (Å²) in [4.78, 5) is 0. The molecular weight excluding hydrogens is 131 g/mol. The van der Waals surface area contributed by atoms with E-state index >= 15 is 0 Å². The Bertz CT molecular complexity index is 73.7. The highest BCUT2D eigenvalue weighted by Crippen LogP contribution is 2.09. The molecular formula is C8H17FO. The molecule has 62 valence electrons. The van der Waals surface area contributed by atoms with Crippen molar-refractivity contribution in [2.75, 3.05) is 0 Å². The minimum atomic E-state index is -1.02. The first-order valence-electron chi connectivity index (χ1n) is 4.00. The smallest absolute Gasteiger partial charge is 0.126 e. The third-order valence-corrected chi connectivity index (χ3v) is 1.61. The van der Waals surface area contributed by atoms with E-state index in [4.69, 9.17) is 5.11 Å². The van der Waals surface area contributed by atoms with Gasteiger partial charge in [-0.05, 0) is 13.3 Å². The molecule has 0 aromatic rings. The van der Waals surface area contributed by atoms with E-state index in [1.807, 2.05) is 0 Å². The topological polar surface area (TPSA) is 20.2 Å². The third-order valence-electron chi connectivity index (χ3n) is 1.61. The van der Waals surface area contributed by atoms with E-state index < -0.39 is 12.3 Å². The van der Waals surface area contributed by atoms with E-state index in [-0.39, 0.29) is 0 Å². The number of aliphatic hydroxyl groups is 1. The fraction of sp³-hybridized carbons (Fsp3) is 1.00. The highest BCUT2D eigenvalue weighted by molar-refractivity contribution is 4.61. The molecule has 0 radical (unpaired) electrons. The molecule has 0 aromatic heterocycles. The Labute approximate surface area is 62.3 Å². The van der Waals surface area contributed by atoms with Crippen LogP contribution in [0.5, 0.6) is 0 Å². The molecule has 1 N–H and O–H groups in total. The van der Waals surface area contributed by atoms with Gasteiger partial charge in [0.25, 0.3) is 0 Å². The van der Waals surface area contributed by atoms with Gasteiger partial charge in [0.05, 0.1) is 6.10 Å². The lowest BCUT2D eigenvalue weighted by Gasteiger charge is -2.09. The summed E-state index contributed by atoms with van der Waals surface area (Å²) in [6, 6.07) is 0. The molecule has 2 atom stereocenters. The zero-order chi connectivity index (χ0) is 7.98. The molecule has 0 amide bonds. The Kier molecular flexibility index (Phi) is 5.60. The SMILES string of the molecule is CCCCC[C@@H](F)[C@@H](C)O. The highest BCUT2D eigenvalue weighted by atomic mass is 19.1. The molecule has 0 aromatic carbocycles. The number of rotatable bonds is 5. The minimum Gasteiger partial charge on any atom is -0.390 e. The van der Waals surface area contributed by atoms with Crippen LogP contribution >= 0.6 is 0 Å². The van der Waals surface area contributed by atoms with Gasteiger partial charge in [-0.15, -0.1) is 0 Å². The summed E-state index contributed by atoms with van der Waals surface area (Å²) in [6.45, 7) is 3.58. The summed E-state index contributed by atoms with van der Waals surface area (Å²) in [5.41, 5.74) is 0. The van der Waals surface area contributed by atoms with Crippen molar-refractivity contribution in [1.82, 2.24) is 0 Å². The van der Waals surface area contributed by atoms with Crippen LogP contribution in [0, 0.1) is 0 Å². The van der Waals surface area contributed by atoms with Crippen molar-refractivity contribution >= 4 is 0 Å². The van der Waals surface area contributed by atoms with E-state index in [0.717, 1.165) is 19.3 Å². The first-order valence-corrected chi connectivity index (χ1v) is 4.00. The average molecular weight is 148 g/mol. The number of alkyl halides is 1. The van der Waals surface area contributed by atoms with Crippen molar-refractivity contribution in [3.05, 3.63) is 0 Å². The Morgan fingerprint density at radius 1 is 1.40 bits per heavy atom. The van der Waals surface area contributed by atoms with Crippen LogP contribution in [-0.4, -0.2) is 17.4 Å². The number of unbranched alkanes of at least 4 members (excludes halogenated alkanes) is 2. The van der Waals surface area contributed by atoms with E-state index in [1.54, 1.807) is 0 Å². The summed E-state index contributed by atoms with van der Waals surface area (Å²) in [7, 11) is 0. The van der Waals surface area contributed by atoms with Crippen molar-refractivity contribution < 1.29 is 9.50 Å². The summed E-state index contributed by atoms with van der Waals surface area (Å²) >= 11 is 0. The fourth-order valence-electron chi connectivity index (χ4n) is 0.831. The van der Waals surface area contributed by atoms with Crippen molar-refractivity contribution in [2.24, 2.45) is 0 Å². The Morgan fingerprint density at radius 3 is 2.40 bits per heavy atom. The molecule has 0 unspecified atom stereocenters. The van der Waals surface area contributed by atoms with Crippen LogP contribution in [0.3, 0.4) is 0 Å². The molecule has 0 aliphatic heterocycles. The van der Waals surface area contributed by atoms with Crippen molar-refractivity contribution in [3.8, 4) is 0 Å². The molecule has 0 rings (SSSR count). The second-order valence-electron chi connectivity index (χ2n) is 2.75. The number of hydrogen-bond acceptors (Lipinski definition) is 1. The summed E-state index contributed by atoms with van der Waals surface area (Å²) in [6.07, 6.45) is 1.75. The maximum absolute atomic E-state index is 12.6. The lowest BCUT2D eigenvalue weighted by atomic mass is 10.1. The minimum absolute atomic E-state index is 0.505. The molecule has 0 aliphatic carbocycles. The predicted octanol–water partition coefficient (Wildman–Crippen LogP) is 2.29. The molecule has 0 bridgehead atoms. The van der Waals surface area contributed by atoms with E-state index in [0.29, 0.717) is 6.42 Å². The van der Waals surface area contributed by atoms with Gasteiger partial charge in [0.15, 0.2) is 0 Å². The normalized spacial score (nSPS) is 16.8. The van der Waals surface area contributed by atoms with Crippen molar-refractivity contribution in [3.63, 3.8) is 0 Å². The summed E-state index contributed by atoms with van der Waals surface area (Å²) < 4.78 is 12.6. The Balaban J connectivity index is 3.13. The lowest BCUT2D eigenvalue weighted by molar-refractivity contribution is 0.0860. The summed E-state index contributed by atoms with van der Waals surface area (Å²) in [5.74, 6) is 0. The van der Waals surface area contributed by atoms with E-state index in [2.05, 4.69) is 6.92 Å². The van der Waals surface area contributed by atoms with Gasteiger partial charge in [-0.1, -0.05) is 26.2 Å². The van der Waals surface area contributed by atoms with Crippen LogP contribution in [0.2, 0.25) is 0 Å². The monoisotopic (exact) mass is 148 g/mol. The first kappa shape index (κ1) is 9.89. The van der Waals surface area contributed by atoms with Crippen molar-refractivity contribution in [2.45, 2.75) is 51.8 Å². The van der Waals surface area contributed by atoms with Gasteiger partial charge in [0.2, 0.25) is 0 Å². The van der Waals surface area contributed by atoms with E-state index in [1.165, 1.54) is 6.92 Å². The zero-order valence-electron chi connectivity index (χ0n) is 6.81. The second-order valence-corrected chi connectivity index (χ2v) is 2.75. The van der Waals surface area contributed by atoms with Gasteiger partial charge in [-0.2, -0.15) is 0 Å². The molecule has 0 saturated carbocycles. The Hall–Kier alpha value is -0.110. The molecule has 0 heterocycles. The molecule has 0 spiro atoms.